The lowest BCUT2D eigenvalue weighted by Gasteiger charge is -2.02. The Kier molecular flexibility index (Phi) is 12.4. The Labute approximate surface area is 169 Å². The van der Waals surface area contributed by atoms with E-state index in [1.807, 2.05) is 6.92 Å². The lowest BCUT2D eigenvalue weighted by atomic mass is 10.0. The van der Waals surface area contributed by atoms with Crippen molar-refractivity contribution in [3.05, 3.63) is 65.2 Å². The van der Waals surface area contributed by atoms with Gasteiger partial charge >= 0.3 is 5.97 Å². The smallest absolute Gasteiger partial charge is 0.337 e. The summed E-state index contributed by atoms with van der Waals surface area (Å²) in [5.41, 5.74) is 8.26. The van der Waals surface area contributed by atoms with Gasteiger partial charge in [-0.3, -0.25) is 0 Å². The molecule has 0 spiro atoms. The number of carboxylic acid groups (broad SMARTS) is 1. The highest BCUT2D eigenvalue weighted by molar-refractivity contribution is 5.93. The van der Waals surface area contributed by atoms with Gasteiger partial charge in [-0.2, -0.15) is 0 Å². The van der Waals surface area contributed by atoms with Crippen molar-refractivity contribution >= 4 is 11.7 Å². The molecule has 0 saturated heterocycles. The Hall–Kier alpha value is -2.33. The van der Waals surface area contributed by atoms with E-state index in [4.69, 9.17) is 15.9 Å². The zero-order chi connectivity index (χ0) is 20.6. The summed E-state index contributed by atoms with van der Waals surface area (Å²) >= 11 is 0. The van der Waals surface area contributed by atoms with Crippen LogP contribution in [-0.4, -0.2) is 22.8 Å². The van der Waals surface area contributed by atoms with Crippen LogP contribution in [0.15, 0.2) is 48.5 Å². The second kappa shape index (κ2) is 14.7. The van der Waals surface area contributed by atoms with E-state index in [-0.39, 0.29) is 5.56 Å². The zero-order valence-electron chi connectivity index (χ0n) is 17.1. The van der Waals surface area contributed by atoms with Crippen LogP contribution in [0.2, 0.25) is 0 Å². The fourth-order valence-electron chi connectivity index (χ4n) is 3.00. The lowest BCUT2D eigenvalue weighted by Crippen LogP contribution is -2.02. The molecule has 154 valence electrons. The molecule has 0 aliphatic carbocycles. The normalized spacial score (nSPS) is 10.2. The Balaban J connectivity index is 0.000000307. The monoisotopic (exact) mass is 385 g/mol. The van der Waals surface area contributed by atoms with Crippen LogP contribution < -0.4 is 5.73 Å². The number of aryl methyl sites for hydroxylation is 2. The molecule has 2 aromatic carbocycles. The third-order valence-electron chi connectivity index (χ3n) is 4.66. The molecule has 4 N–H and O–H groups in total. The molecule has 0 atom stereocenters. The van der Waals surface area contributed by atoms with Gasteiger partial charge in [0.2, 0.25) is 0 Å². The van der Waals surface area contributed by atoms with E-state index in [2.05, 4.69) is 30.3 Å². The molecule has 0 aliphatic rings. The van der Waals surface area contributed by atoms with Crippen molar-refractivity contribution in [2.75, 3.05) is 12.3 Å². The van der Waals surface area contributed by atoms with E-state index in [1.54, 1.807) is 18.2 Å². The SMILES string of the molecule is Cc1ccc(N)c(C(=O)O)c1.OCCCCCCCCCCc1ccccc1. The van der Waals surface area contributed by atoms with Gasteiger partial charge in [0.05, 0.1) is 5.56 Å². The summed E-state index contributed by atoms with van der Waals surface area (Å²) in [5.74, 6) is -0.980. The van der Waals surface area contributed by atoms with E-state index < -0.39 is 5.97 Å². The summed E-state index contributed by atoms with van der Waals surface area (Å²) in [6, 6.07) is 15.7. The third-order valence-corrected chi connectivity index (χ3v) is 4.66. The first-order valence-electron chi connectivity index (χ1n) is 10.3. The van der Waals surface area contributed by atoms with E-state index in [9.17, 15) is 4.79 Å². The molecule has 0 bridgehead atoms. The number of benzene rings is 2. The number of aromatic carboxylic acids is 1. The van der Waals surface area contributed by atoms with Gasteiger partial charge in [0.25, 0.3) is 0 Å². The van der Waals surface area contributed by atoms with Crippen LogP contribution in [0.1, 0.15) is 72.9 Å². The highest BCUT2D eigenvalue weighted by Gasteiger charge is 2.06. The van der Waals surface area contributed by atoms with Crippen molar-refractivity contribution in [2.45, 2.75) is 64.7 Å². The van der Waals surface area contributed by atoms with Gasteiger partial charge in [0.1, 0.15) is 0 Å². The van der Waals surface area contributed by atoms with Crippen molar-refractivity contribution < 1.29 is 15.0 Å². The third kappa shape index (κ3) is 10.7. The predicted molar refractivity (Wildman–Crippen MR) is 117 cm³/mol. The van der Waals surface area contributed by atoms with Crippen molar-refractivity contribution in [3.63, 3.8) is 0 Å². The van der Waals surface area contributed by atoms with Gasteiger partial charge in [0.15, 0.2) is 0 Å². The minimum atomic E-state index is -0.980. The number of hydrogen-bond acceptors (Lipinski definition) is 3. The molecular formula is C24H35NO3. The van der Waals surface area contributed by atoms with Crippen LogP contribution in [0.25, 0.3) is 0 Å². The van der Waals surface area contributed by atoms with Gasteiger partial charge in [-0.25, -0.2) is 4.79 Å². The van der Waals surface area contributed by atoms with Gasteiger partial charge < -0.3 is 15.9 Å². The van der Waals surface area contributed by atoms with E-state index >= 15 is 0 Å². The highest BCUT2D eigenvalue weighted by atomic mass is 16.4. The molecule has 0 amide bonds. The fourth-order valence-corrected chi connectivity index (χ4v) is 3.00. The number of aliphatic hydroxyl groups is 1. The van der Waals surface area contributed by atoms with E-state index in [0.717, 1.165) is 12.0 Å². The molecule has 0 heterocycles. The first-order valence-corrected chi connectivity index (χ1v) is 10.3. The van der Waals surface area contributed by atoms with Crippen molar-refractivity contribution in [1.82, 2.24) is 0 Å². The topological polar surface area (TPSA) is 83.6 Å². The number of unbranched alkanes of at least 4 members (excludes halogenated alkanes) is 7. The summed E-state index contributed by atoms with van der Waals surface area (Å²) in [6.45, 7) is 2.18. The van der Waals surface area contributed by atoms with E-state index in [0.29, 0.717) is 12.3 Å². The molecule has 0 saturated carbocycles. The maximum absolute atomic E-state index is 10.5. The molecule has 2 aromatic rings. The molecule has 4 heteroatoms. The summed E-state index contributed by atoms with van der Waals surface area (Å²) < 4.78 is 0. The van der Waals surface area contributed by atoms with Crippen molar-refractivity contribution in [1.29, 1.82) is 0 Å². The molecule has 0 fully saturated rings. The zero-order valence-corrected chi connectivity index (χ0v) is 17.1. The van der Waals surface area contributed by atoms with Crippen LogP contribution in [0, 0.1) is 6.92 Å². The Morgan fingerprint density at radius 2 is 1.43 bits per heavy atom. The minimum absolute atomic E-state index is 0.171. The van der Waals surface area contributed by atoms with Crippen molar-refractivity contribution in [2.24, 2.45) is 0 Å². The van der Waals surface area contributed by atoms with Gasteiger partial charge in [-0.1, -0.05) is 80.5 Å². The van der Waals surface area contributed by atoms with Gasteiger partial charge in [-0.15, -0.1) is 0 Å². The van der Waals surface area contributed by atoms with Crippen molar-refractivity contribution in [3.8, 4) is 0 Å². The summed E-state index contributed by atoms with van der Waals surface area (Å²) in [7, 11) is 0. The number of anilines is 1. The second-order valence-corrected chi connectivity index (χ2v) is 7.18. The fraction of sp³-hybridized carbons (Fsp3) is 0.458. The van der Waals surface area contributed by atoms with Gasteiger partial charge in [0, 0.05) is 12.3 Å². The Morgan fingerprint density at radius 1 is 0.857 bits per heavy atom. The van der Waals surface area contributed by atoms with E-state index in [1.165, 1.54) is 56.9 Å². The summed E-state index contributed by atoms with van der Waals surface area (Å²) in [6.07, 6.45) is 11.4. The van der Waals surface area contributed by atoms with Crippen LogP contribution in [0.5, 0.6) is 0 Å². The number of nitrogen functional groups attached to an aromatic ring is 1. The van der Waals surface area contributed by atoms with Crippen LogP contribution in [0.3, 0.4) is 0 Å². The minimum Gasteiger partial charge on any atom is -0.478 e. The number of carboxylic acids is 1. The highest BCUT2D eigenvalue weighted by Crippen LogP contribution is 2.13. The maximum Gasteiger partial charge on any atom is 0.337 e. The molecule has 28 heavy (non-hydrogen) atoms. The first-order chi connectivity index (χ1) is 13.5. The summed E-state index contributed by atoms with van der Waals surface area (Å²) in [5, 5.41) is 17.3. The van der Waals surface area contributed by atoms with Crippen LogP contribution >= 0.6 is 0 Å². The van der Waals surface area contributed by atoms with Gasteiger partial charge in [-0.05, 0) is 43.9 Å². The van der Waals surface area contributed by atoms with Crippen LogP contribution in [0.4, 0.5) is 5.69 Å². The lowest BCUT2D eigenvalue weighted by molar-refractivity contribution is 0.0698. The molecule has 0 radical (unpaired) electrons. The molecule has 0 aromatic heterocycles. The largest absolute Gasteiger partial charge is 0.478 e. The van der Waals surface area contributed by atoms with Crippen LogP contribution in [-0.2, 0) is 6.42 Å². The molecule has 0 aliphatic heterocycles. The Morgan fingerprint density at radius 3 is 1.96 bits per heavy atom. The number of hydrogen-bond donors (Lipinski definition) is 3. The first kappa shape index (κ1) is 23.7. The average Bonchev–Trinajstić information content (AvgIpc) is 2.70. The molecule has 2 rings (SSSR count). The summed E-state index contributed by atoms with van der Waals surface area (Å²) in [4.78, 5) is 10.5. The standard InChI is InChI=1S/C16H26O.C8H9NO2/c17-15-11-6-4-2-1-3-5-8-12-16-13-9-7-10-14-16;1-5-2-3-7(9)6(4-5)8(10)11/h7,9-10,13-14,17H,1-6,8,11-12,15H2;2-4H,9H2,1H3,(H,10,11). The number of rotatable bonds is 11. The molecule has 4 nitrogen and oxygen atoms in total. The molecule has 0 unspecified atom stereocenters. The average molecular weight is 386 g/mol. The Bertz CT molecular complexity index is 671. The number of aliphatic hydroxyl groups excluding tert-OH is 1. The second-order valence-electron chi connectivity index (χ2n) is 7.18. The predicted octanol–water partition coefficient (Wildman–Crippen LogP) is 5.62. The maximum atomic E-state index is 10.5. The number of nitrogens with two attached hydrogens (primary N) is 1. The molecular weight excluding hydrogens is 350 g/mol. The quantitative estimate of drug-likeness (QED) is 0.346. The number of carbonyl (C=O) groups is 1.